The summed E-state index contributed by atoms with van der Waals surface area (Å²) in [5, 5.41) is 3.20. The van der Waals surface area contributed by atoms with E-state index < -0.39 is 6.09 Å². The van der Waals surface area contributed by atoms with Crippen LogP contribution in [0.25, 0.3) is 0 Å². The van der Waals surface area contributed by atoms with Crippen molar-refractivity contribution in [1.29, 1.82) is 0 Å². The van der Waals surface area contributed by atoms with Gasteiger partial charge in [0.05, 0.1) is 13.7 Å². The maximum Gasteiger partial charge on any atom is 0.416 e. The maximum atomic E-state index is 13.6. The monoisotopic (exact) mass is 604 g/mol. The third-order valence-electron chi connectivity index (χ3n) is 7.54. The second kappa shape index (κ2) is 16.6. The Hall–Kier alpha value is -4.18. The Bertz CT molecular complexity index is 1340. The van der Waals surface area contributed by atoms with Crippen molar-refractivity contribution in [2.45, 2.75) is 54.2 Å². The number of carbonyl (C=O) groups excluding carboxylic acids is 2. The summed E-state index contributed by atoms with van der Waals surface area (Å²) in [4.78, 5) is 41.1. The van der Waals surface area contributed by atoms with Gasteiger partial charge in [0.15, 0.2) is 0 Å². The van der Waals surface area contributed by atoms with Gasteiger partial charge in [-0.15, -0.1) is 0 Å². The zero-order valence-electron chi connectivity index (χ0n) is 27.4. The zero-order chi connectivity index (χ0) is 32.2. The highest BCUT2D eigenvalue weighted by molar-refractivity contribution is 5.94. The fourth-order valence-corrected chi connectivity index (χ4v) is 4.95. The van der Waals surface area contributed by atoms with Gasteiger partial charge in [-0.05, 0) is 73.0 Å². The predicted octanol–water partition coefficient (Wildman–Crippen LogP) is 6.47. The summed E-state index contributed by atoms with van der Waals surface area (Å²) < 4.78 is 11.4. The van der Waals surface area contributed by atoms with Crippen LogP contribution in [0.4, 0.5) is 22.2 Å². The first-order valence-electron chi connectivity index (χ1n) is 15.3. The summed E-state index contributed by atoms with van der Waals surface area (Å²) in [5.74, 6) is 1.67. The average molecular weight is 605 g/mol. The molecule has 10 nitrogen and oxygen atoms in total. The molecule has 238 valence electrons. The molecule has 3 aromatic rings. The van der Waals surface area contributed by atoms with Gasteiger partial charge in [0.25, 0.3) is 5.91 Å². The van der Waals surface area contributed by atoms with Crippen molar-refractivity contribution in [3.63, 3.8) is 0 Å². The van der Waals surface area contributed by atoms with Gasteiger partial charge >= 0.3 is 6.09 Å². The number of benzene rings is 2. The van der Waals surface area contributed by atoms with Crippen molar-refractivity contribution in [2.75, 3.05) is 50.6 Å². The number of amides is 2. The molecule has 2 amide bonds. The quantitative estimate of drug-likeness (QED) is 0.211. The van der Waals surface area contributed by atoms with Gasteiger partial charge in [0, 0.05) is 37.6 Å². The minimum Gasteiger partial charge on any atom is -0.497 e. The van der Waals surface area contributed by atoms with Crippen LogP contribution in [-0.2, 0) is 11.3 Å². The molecule has 0 saturated carbocycles. The fraction of sp³-hybridized carbons (Fsp3) is 0.471. The SMILES string of the molecule is CCN(CC)CCN(C)C(=O)c1ccc(Nc2nccc(N(Cc3cccc(OC)c3)C(=O)OC(C(C)C)C(C)C)n2)cc1. The maximum absolute atomic E-state index is 13.6. The Morgan fingerprint density at radius 3 is 2.23 bits per heavy atom. The largest absolute Gasteiger partial charge is 0.497 e. The van der Waals surface area contributed by atoms with Crippen LogP contribution in [0.3, 0.4) is 0 Å². The van der Waals surface area contributed by atoms with E-state index in [1.54, 1.807) is 36.4 Å². The Labute approximate surface area is 262 Å². The first-order valence-corrected chi connectivity index (χ1v) is 15.3. The normalized spacial score (nSPS) is 11.3. The Balaban J connectivity index is 1.79. The van der Waals surface area contributed by atoms with Crippen molar-refractivity contribution in [1.82, 2.24) is 19.8 Å². The molecule has 0 spiro atoms. The number of carbonyl (C=O) groups is 2. The van der Waals surface area contributed by atoms with Gasteiger partial charge in [-0.2, -0.15) is 4.98 Å². The van der Waals surface area contributed by atoms with Crippen LogP contribution >= 0.6 is 0 Å². The molecule has 44 heavy (non-hydrogen) atoms. The molecule has 2 aromatic carbocycles. The highest BCUT2D eigenvalue weighted by Crippen LogP contribution is 2.24. The Kier molecular flexibility index (Phi) is 13.0. The van der Waals surface area contributed by atoms with E-state index in [1.165, 1.54) is 4.90 Å². The lowest BCUT2D eigenvalue weighted by atomic mass is 9.96. The summed E-state index contributed by atoms with van der Waals surface area (Å²) in [6, 6.07) is 16.4. The van der Waals surface area contributed by atoms with E-state index in [0.29, 0.717) is 35.3 Å². The molecule has 0 aliphatic rings. The molecule has 1 N–H and O–H groups in total. The van der Waals surface area contributed by atoms with Crippen LogP contribution in [0.15, 0.2) is 60.8 Å². The molecule has 0 radical (unpaired) electrons. The smallest absolute Gasteiger partial charge is 0.416 e. The molecule has 0 bridgehead atoms. The summed E-state index contributed by atoms with van der Waals surface area (Å²) in [6.07, 6.45) is 0.854. The lowest BCUT2D eigenvalue weighted by Crippen LogP contribution is -2.38. The molecule has 0 aliphatic carbocycles. The Morgan fingerprint density at radius 1 is 0.932 bits per heavy atom. The number of aromatic nitrogens is 2. The molecular weight excluding hydrogens is 556 g/mol. The van der Waals surface area contributed by atoms with Crippen molar-refractivity contribution >= 4 is 29.5 Å². The molecule has 3 rings (SSSR count). The molecular formula is C34H48N6O4. The first-order chi connectivity index (χ1) is 21.1. The second-order valence-electron chi connectivity index (χ2n) is 11.5. The van der Waals surface area contributed by atoms with Gasteiger partial charge < -0.3 is 24.6 Å². The van der Waals surface area contributed by atoms with Crippen LogP contribution < -0.4 is 15.0 Å². The summed E-state index contributed by atoms with van der Waals surface area (Å²) in [6.45, 7) is 16.0. The average Bonchev–Trinajstić information content (AvgIpc) is 3.02. The van der Waals surface area contributed by atoms with E-state index in [9.17, 15) is 9.59 Å². The van der Waals surface area contributed by atoms with Gasteiger partial charge in [0.2, 0.25) is 5.95 Å². The molecule has 0 fully saturated rings. The Morgan fingerprint density at radius 2 is 1.61 bits per heavy atom. The molecule has 0 saturated heterocycles. The van der Waals surface area contributed by atoms with E-state index in [2.05, 4.69) is 34.0 Å². The number of likely N-dealkylation sites (N-methyl/N-ethyl adjacent to an activating group) is 2. The van der Waals surface area contributed by atoms with Crippen LogP contribution in [-0.4, -0.2) is 78.2 Å². The van der Waals surface area contributed by atoms with Crippen LogP contribution in [0.2, 0.25) is 0 Å². The standard InChI is InChI=1S/C34H48N6O4/c1-9-39(10-2)21-20-38(7)32(41)27-14-16-28(17-15-27)36-33-35-19-18-30(37-33)40(23-26-12-11-13-29(22-26)43-8)34(42)44-31(24(3)4)25(5)6/h11-19,22,24-25,31H,9-10,20-21,23H2,1-8H3,(H,35,36,37). The molecule has 0 atom stereocenters. The summed E-state index contributed by atoms with van der Waals surface area (Å²) in [7, 11) is 3.43. The number of nitrogens with one attached hydrogen (secondary N) is 1. The number of rotatable bonds is 15. The number of hydrogen-bond donors (Lipinski definition) is 1. The van der Waals surface area contributed by atoms with Gasteiger partial charge in [-0.3, -0.25) is 9.69 Å². The van der Waals surface area contributed by atoms with Gasteiger partial charge in [-0.1, -0.05) is 53.7 Å². The zero-order valence-corrected chi connectivity index (χ0v) is 27.4. The van der Waals surface area contributed by atoms with Gasteiger partial charge in [0.1, 0.15) is 17.7 Å². The van der Waals surface area contributed by atoms with Crippen molar-refractivity contribution in [2.24, 2.45) is 11.8 Å². The third kappa shape index (κ3) is 9.67. The lowest BCUT2D eigenvalue weighted by molar-refractivity contribution is 0.0466. The molecule has 10 heteroatoms. The first kappa shape index (κ1) is 34.3. The summed E-state index contributed by atoms with van der Waals surface area (Å²) in [5.41, 5.74) is 2.18. The van der Waals surface area contributed by atoms with Crippen molar-refractivity contribution in [3.8, 4) is 5.75 Å². The molecule has 1 heterocycles. The third-order valence-corrected chi connectivity index (χ3v) is 7.54. The lowest BCUT2D eigenvalue weighted by Gasteiger charge is -2.29. The van der Waals surface area contributed by atoms with E-state index in [0.717, 1.165) is 25.2 Å². The molecule has 0 aliphatic heterocycles. The molecule has 0 unspecified atom stereocenters. The summed E-state index contributed by atoms with van der Waals surface area (Å²) >= 11 is 0. The molecule has 1 aromatic heterocycles. The number of anilines is 3. The number of hydrogen-bond acceptors (Lipinski definition) is 8. The van der Waals surface area contributed by atoms with Gasteiger partial charge in [-0.25, -0.2) is 9.78 Å². The van der Waals surface area contributed by atoms with Crippen LogP contribution in [0.1, 0.15) is 57.5 Å². The van der Waals surface area contributed by atoms with E-state index >= 15 is 0 Å². The van der Waals surface area contributed by atoms with Crippen LogP contribution in [0, 0.1) is 11.8 Å². The highest BCUT2D eigenvalue weighted by Gasteiger charge is 2.27. The fourth-order valence-electron chi connectivity index (χ4n) is 4.95. The minimum atomic E-state index is -0.488. The van der Waals surface area contributed by atoms with Crippen molar-refractivity contribution in [3.05, 3.63) is 71.9 Å². The van der Waals surface area contributed by atoms with E-state index in [1.807, 2.05) is 71.1 Å². The number of ether oxygens (including phenoxy) is 2. The number of nitrogens with zero attached hydrogens (tertiary/aromatic N) is 5. The van der Waals surface area contributed by atoms with E-state index in [4.69, 9.17) is 9.47 Å². The second-order valence-corrected chi connectivity index (χ2v) is 11.5. The number of methoxy groups -OCH3 is 1. The highest BCUT2D eigenvalue weighted by atomic mass is 16.6. The van der Waals surface area contributed by atoms with Crippen molar-refractivity contribution < 1.29 is 19.1 Å². The topological polar surface area (TPSA) is 100 Å². The van der Waals surface area contributed by atoms with Crippen LogP contribution in [0.5, 0.6) is 5.75 Å². The van der Waals surface area contributed by atoms with E-state index in [-0.39, 0.29) is 30.4 Å². The predicted molar refractivity (Wildman–Crippen MR) is 176 cm³/mol. The minimum absolute atomic E-state index is 0.0326.